The third-order valence-corrected chi connectivity index (χ3v) is 3.96. The lowest BCUT2D eigenvalue weighted by molar-refractivity contribution is 0.0655. The van der Waals surface area contributed by atoms with Crippen LogP contribution in [0, 0.1) is 5.92 Å². The maximum atomic E-state index is 9.98. The molecule has 106 valence electrons. The molecular formula is C16H25NO2. The number of benzene rings is 1. The summed E-state index contributed by atoms with van der Waals surface area (Å²) >= 11 is 0. The molecule has 0 aromatic heterocycles. The molecule has 0 heterocycles. The van der Waals surface area contributed by atoms with Gasteiger partial charge in [0, 0.05) is 6.54 Å². The summed E-state index contributed by atoms with van der Waals surface area (Å²) in [5.74, 6) is 1.37. The molecule has 0 spiro atoms. The van der Waals surface area contributed by atoms with E-state index < -0.39 is 0 Å². The number of aryl methyl sites for hydroxylation is 1. The third kappa shape index (κ3) is 4.51. The smallest absolute Gasteiger partial charge is 0.119 e. The van der Waals surface area contributed by atoms with Gasteiger partial charge in [0.15, 0.2) is 0 Å². The van der Waals surface area contributed by atoms with Crippen molar-refractivity contribution in [2.24, 2.45) is 11.7 Å². The van der Waals surface area contributed by atoms with Crippen molar-refractivity contribution in [2.75, 3.05) is 13.2 Å². The van der Waals surface area contributed by atoms with Crippen LogP contribution in [0.2, 0.25) is 0 Å². The van der Waals surface area contributed by atoms with Crippen LogP contribution in [0.3, 0.4) is 0 Å². The Bertz CT molecular complexity index is 381. The zero-order chi connectivity index (χ0) is 13.5. The van der Waals surface area contributed by atoms with E-state index in [1.54, 1.807) is 0 Å². The zero-order valence-corrected chi connectivity index (χ0v) is 11.6. The van der Waals surface area contributed by atoms with Gasteiger partial charge in [0.25, 0.3) is 0 Å². The van der Waals surface area contributed by atoms with Crippen molar-refractivity contribution in [3.8, 4) is 5.75 Å². The summed E-state index contributed by atoms with van der Waals surface area (Å²) in [5.41, 5.74) is 6.72. The quantitative estimate of drug-likeness (QED) is 0.829. The van der Waals surface area contributed by atoms with E-state index in [9.17, 15) is 5.11 Å². The molecule has 1 fully saturated rings. The van der Waals surface area contributed by atoms with Crippen LogP contribution in [0.15, 0.2) is 24.3 Å². The number of hydrogen-bond donors (Lipinski definition) is 2. The summed E-state index contributed by atoms with van der Waals surface area (Å²) in [5, 5.41) is 9.98. The fraction of sp³-hybridized carbons (Fsp3) is 0.625. The van der Waals surface area contributed by atoms with Crippen LogP contribution in [0.25, 0.3) is 0 Å². The normalized spacial score (nSPS) is 23.3. The van der Waals surface area contributed by atoms with Crippen molar-refractivity contribution < 1.29 is 9.84 Å². The van der Waals surface area contributed by atoms with Gasteiger partial charge < -0.3 is 15.6 Å². The van der Waals surface area contributed by atoms with Gasteiger partial charge in [-0.2, -0.15) is 0 Å². The molecule has 0 aliphatic heterocycles. The summed E-state index contributed by atoms with van der Waals surface area (Å²) in [6.07, 6.45) is 6.59. The van der Waals surface area contributed by atoms with Crippen LogP contribution in [0.4, 0.5) is 0 Å². The Morgan fingerprint density at radius 2 is 2.11 bits per heavy atom. The van der Waals surface area contributed by atoms with E-state index in [0.29, 0.717) is 19.1 Å². The first-order valence-electron chi connectivity index (χ1n) is 7.39. The van der Waals surface area contributed by atoms with Gasteiger partial charge in [0.05, 0.1) is 6.10 Å². The minimum atomic E-state index is -0.0922. The lowest BCUT2D eigenvalue weighted by Crippen LogP contribution is -2.24. The molecule has 0 saturated heterocycles. The Labute approximate surface area is 115 Å². The first kappa shape index (κ1) is 14.4. The zero-order valence-electron chi connectivity index (χ0n) is 11.6. The molecule has 1 aromatic rings. The summed E-state index contributed by atoms with van der Waals surface area (Å²) < 4.78 is 5.53. The molecule has 2 unspecified atom stereocenters. The summed E-state index contributed by atoms with van der Waals surface area (Å²) in [4.78, 5) is 0. The molecule has 3 N–H and O–H groups in total. The maximum absolute atomic E-state index is 9.98. The van der Waals surface area contributed by atoms with E-state index in [1.807, 2.05) is 12.1 Å². The highest BCUT2D eigenvalue weighted by Crippen LogP contribution is 2.28. The molecule has 0 bridgehead atoms. The molecule has 2 rings (SSSR count). The topological polar surface area (TPSA) is 55.5 Å². The molecule has 1 aliphatic carbocycles. The Hall–Kier alpha value is -1.06. The molecule has 1 aromatic carbocycles. The first-order chi connectivity index (χ1) is 9.29. The van der Waals surface area contributed by atoms with E-state index in [0.717, 1.165) is 25.0 Å². The molecule has 2 atom stereocenters. The second kappa shape index (κ2) is 7.51. The number of nitrogens with two attached hydrogens (primary N) is 1. The monoisotopic (exact) mass is 263 g/mol. The lowest BCUT2D eigenvalue weighted by Gasteiger charge is -2.27. The van der Waals surface area contributed by atoms with Gasteiger partial charge >= 0.3 is 0 Å². The standard InChI is InChI=1S/C16H25NO2/c17-10-11-19-15-6-3-4-13(12-15)8-9-14-5-1-2-7-16(14)18/h3-4,6,12,14,16,18H,1-2,5,7-11,17H2. The maximum Gasteiger partial charge on any atom is 0.119 e. The average Bonchev–Trinajstić information content (AvgIpc) is 2.45. The Morgan fingerprint density at radius 1 is 1.26 bits per heavy atom. The molecule has 1 aliphatic rings. The van der Waals surface area contributed by atoms with Crippen molar-refractivity contribution in [3.63, 3.8) is 0 Å². The molecule has 0 amide bonds. The molecule has 3 heteroatoms. The van der Waals surface area contributed by atoms with Crippen LogP contribution < -0.4 is 10.5 Å². The minimum absolute atomic E-state index is 0.0922. The van der Waals surface area contributed by atoms with Crippen LogP contribution in [0.1, 0.15) is 37.7 Å². The Kier molecular flexibility index (Phi) is 5.67. The molecule has 3 nitrogen and oxygen atoms in total. The van der Waals surface area contributed by atoms with Gasteiger partial charge in [-0.25, -0.2) is 0 Å². The molecule has 1 saturated carbocycles. The van der Waals surface area contributed by atoms with Crippen LogP contribution in [-0.2, 0) is 6.42 Å². The Morgan fingerprint density at radius 3 is 2.89 bits per heavy atom. The van der Waals surface area contributed by atoms with E-state index >= 15 is 0 Å². The minimum Gasteiger partial charge on any atom is -0.492 e. The highest BCUT2D eigenvalue weighted by atomic mass is 16.5. The number of ether oxygens (including phenoxy) is 1. The lowest BCUT2D eigenvalue weighted by atomic mass is 9.83. The number of hydrogen-bond acceptors (Lipinski definition) is 3. The fourth-order valence-electron chi connectivity index (χ4n) is 2.84. The predicted molar refractivity (Wildman–Crippen MR) is 77.3 cm³/mol. The average molecular weight is 263 g/mol. The summed E-state index contributed by atoms with van der Waals surface area (Å²) in [7, 11) is 0. The van der Waals surface area contributed by atoms with Gasteiger partial charge in [-0.15, -0.1) is 0 Å². The van der Waals surface area contributed by atoms with Gasteiger partial charge in [-0.05, 0) is 49.3 Å². The van der Waals surface area contributed by atoms with Gasteiger partial charge in [-0.3, -0.25) is 0 Å². The first-order valence-corrected chi connectivity index (χ1v) is 7.39. The van der Waals surface area contributed by atoms with E-state index in [1.165, 1.54) is 24.8 Å². The Balaban J connectivity index is 1.84. The van der Waals surface area contributed by atoms with E-state index in [-0.39, 0.29) is 6.10 Å². The van der Waals surface area contributed by atoms with Gasteiger partial charge in [0.1, 0.15) is 12.4 Å². The number of aliphatic hydroxyl groups excluding tert-OH is 1. The van der Waals surface area contributed by atoms with Crippen molar-refractivity contribution in [1.29, 1.82) is 0 Å². The van der Waals surface area contributed by atoms with E-state index in [4.69, 9.17) is 10.5 Å². The number of aliphatic hydroxyl groups is 1. The second-order valence-electron chi connectivity index (χ2n) is 5.44. The van der Waals surface area contributed by atoms with Crippen LogP contribution >= 0.6 is 0 Å². The molecular weight excluding hydrogens is 238 g/mol. The molecule has 0 radical (unpaired) electrons. The summed E-state index contributed by atoms with van der Waals surface area (Å²) in [6.45, 7) is 1.10. The van der Waals surface area contributed by atoms with Crippen molar-refractivity contribution in [2.45, 2.75) is 44.6 Å². The van der Waals surface area contributed by atoms with Crippen LogP contribution in [0.5, 0.6) is 5.75 Å². The number of rotatable bonds is 6. The predicted octanol–water partition coefficient (Wildman–Crippen LogP) is 2.51. The highest BCUT2D eigenvalue weighted by molar-refractivity contribution is 5.28. The van der Waals surface area contributed by atoms with Gasteiger partial charge in [-0.1, -0.05) is 25.0 Å². The van der Waals surface area contributed by atoms with E-state index in [2.05, 4.69) is 12.1 Å². The molecule has 19 heavy (non-hydrogen) atoms. The SMILES string of the molecule is NCCOc1cccc(CCC2CCCCC2O)c1. The van der Waals surface area contributed by atoms with Crippen molar-refractivity contribution in [1.82, 2.24) is 0 Å². The van der Waals surface area contributed by atoms with Crippen LogP contribution in [-0.4, -0.2) is 24.4 Å². The van der Waals surface area contributed by atoms with Crippen molar-refractivity contribution >= 4 is 0 Å². The fourth-order valence-corrected chi connectivity index (χ4v) is 2.84. The van der Waals surface area contributed by atoms with Gasteiger partial charge in [0.2, 0.25) is 0 Å². The highest BCUT2D eigenvalue weighted by Gasteiger charge is 2.22. The largest absolute Gasteiger partial charge is 0.492 e. The second-order valence-corrected chi connectivity index (χ2v) is 5.44. The third-order valence-electron chi connectivity index (χ3n) is 3.96. The summed E-state index contributed by atoms with van der Waals surface area (Å²) in [6, 6.07) is 8.21. The van der Waals surface area contributed by atoms with Crippen molar-refractivity contribution in [3.05, 3.63) is 29.8 Å².